The minimum Gasteiger partial charge on any atom is -0.494 e. The van der Waals surface area contributed by atoms with Crippen LogP contribution in [0.5, 0.6) is 5.75 Å². The van der Waals surface area contributed by atoms with Crippen LogP contribution in [0.25, 0.3) is 16.6 Å². The van der Waals surface area contributed by atoms with Gasteiger partial charge < -0.3 is 15.4 Å². The summed E-state index contributed by atoms with van der Waals surface area (Å²) < 4.78 is 47.4. The first-order chi connectivity index (χ1) is 14.8. The summed E-state index contributed by atoms with van der Waals surface area (Å²) in [6, 6.07) is 5.54. The quantitative estimate of drug-likeness (QED) is 0.660. The topological polar surface area (TPSA) is 81.6 Å². The molecule has 1 aliphatic carbocycles. The van der Waals surface area contributed by atoms with Crippen LogP contribution in [-0.4, -0.2) is 57.4 Å². The molecule has 3 aromatic rings. The number of piperidine rings is 1. The molecule has 2 atom stereocenters. The Morgan fingerprint density at radius 1 is 1.23 bits per heavy atom. The summed E-state index contributed by atoms with van der Waals surface area (Å²) in [4.78, 5) is 11.1. The van der Waals surface area contributed by atoms with Gasteiger partial charge in [0.1, 0.15) is 11.3 Å². The Morgan fingerprint density at radius 2 is 2.03 bits per heavy atom. The average Bonchev–Trinajstić information content (AvgIpc) is 3.47. The van der Waals surface area contributed by atoms with Crippen LogP contribution in [0.15, 0.2) is 18.2 Å². The highest BCUT2D eigenvalue weighted by molar-refractivity contribution is 5.95. The number of fused-ring (bicyclic) bond motifs is 3. The number of ether oxygens (including phenoxy) is 1. The third kappa shape index (κ3) is 3.77. The molecule has 0 spiro atoms. The highest BCUT2D eigenvalue weighted by Crippen LogP contribution is 2.46. The number of rotatable bonds is 5. The maximum Gasteiger partial charge on any atom is 0.393 e. The Balaban J connectivity index is 1.44. The fourth-order valence-corrected chi connectivity index (χ4v) is 4.71. The fourth-order valence-electron chi connectivity index (χ4n) is 4.71. The molecule has 1 aliphatic heterocycles. The number of nitrogens with zero attached hydrogens (tertiary/aromatic N) is 5. The molecule has 31 heavy (non-hydrogen) atoms. The molecule has 3 heterocycles. The average molecular weight is 434 g/mol. The van der Waals surface area contributed by atoms with E-state index in [2.05, 4.69) is 10.1 Å². The van der Waals surface area contributed by atoms with E-state index in [-0.39, 0.29) is 24.3 Å². The molecule has 0 amide bonds. The van der Waals surface area contributed by atoms with E-state index < -0.39 is 12.1 Å². The van der Waals surface area contributed by atoms with Crippen LogP contribution in [0.4, 0.5) is 19.1 Å². The smallest absolute Gasteiger partial charge is 0.393 e. The molecule has 166 valence electrons. The summed E-state index contributed by atoms with van der Waals surface area (Å²) >= 11 is 0. The van der Waals surface area contributed by atoms with E-state index in [1.165, 1.54) is 4.52 Å². The largest absolute Gasteiger partial charge is 0.494 e. The Bertz CT molecular complexity index is 1110. The molecule has 2 aliphatic rings. The number of nitrogens with two attached hydrogens (primary N) is 1. The molecular weight excluding hydrogens is 409 g/mol. The number of para-hydroxylation sites is 1. The van der Waals surface area contributed by atoms with E-state index >= 15 is 0 Å². The minimum absolute atomic E-state index is 0.0400. The monoisotopic (exact) mass is 434 g/mol. The molecule has 2 N–H and O–H groups in total. The number of alkyl halides is 3. The van der Waals surface area contributed by atoms with Gasteiger partial charge in [-0.2, -0.15) is 17.7 Å². The number of nitrogen functional groups attached to an aromatic ring is 1. The lowest BCUT2D eigenvalue weighted by Gasteiger charge is -2.34. The zero-order valence-corrected chi connectivity index (χ0v) is 17.3. The van der Waals surface area contributed by atoms with Crippen molar-refractivity contribution in [2.24, 2.45) is 11.8 Å². The summed E-state index contributed by atoms with van der Waals surface area (Å²) in [5.74, 6) is -0.106. The number of hydrogen-bond donors (Lipinski definition) is 1. The second-order valence-corrected chi connectivity index (χ2v) is 8.62. The molecule has 7 nitrogen and oxygen atoms in total. The van der Waals surface area contributed by atoms with Crippen LogP contribution in [0.3, 0.4) is 0 Å². The molecule has 0 bridgehead atoms. The van der Waals surface area contributed by atoms with Crippen molar-refractivity contribution in [3.05, 3.63) is 24.0 Å². The Hall–Kier alpha value is -2.62. The van der Waals surface area contributed by atoms with E-state index in [1.807, 2.05) is 17.0 Å². The van der Waals surface area contributed by atoms with Gasteiger partial charge in [0, 0.05) is 24.4 Å². The van der Waals surface area contributed by atoms with Crippen LogP contribution in [0.1, 0.15) is 37.4 Å². The number of halogens is 3. The Morgan fingerprint density at radius 3 is 2.74 bits per heavy atom. The van der Waals surface area contributed by atoms with Gasteiger partial charge >= 0.3 is 6.18 Å². The lowest BCUT2D eigenvalue weighted by atomic mass is 9.95. The van der Waals surface area contributed by atoms with Gasteiger partial charge in [0.25, 0.3) is 0 Å². The van der Waals surface area contributed by atoms with Gasteiger partial charge in [0.05, 0.1) is 13.0 Å². The summed E-state index contributed by atoms with van der Waals surface area (Å²) in [6.07, 6.45) is -1.14. The van der Waals surface area contributed by atoms with Gasteiger partial charge in [-0.15, -0.1) is 5.10 Å². The highest BCUT2D eigenvalue weighted by atomic mass is 19.4. The van der Waals surface area contributed by atoms with Gasteiger partial charge in [0.2, 0.25) is 5.95 Å². The molecule has 10 heteroatoms. The third-order valence-corrected chi connectivity index (χ3v) is 6.46. The van der Waals surface area contributed by atoms with Crippen LogP contribution in [0, 0.1) is 11.8 Å². The van der Waals surface area contributed by atoms with Crippen molar-refractivity contribution in [1.82, 2.24) is 24.5 Å². The second-order valence-electron chi connectivity index (χ2n) is 8.62. The van der Waals surface area contributed by atoms with Gasteiger partial charge in [-0.25, -0.2) is 9.97 Å². The van der Waals surface area contributed by atoms with Crippen molar-refractivity contribution in [3.63, 3.8) is 0 Å². The molecule has 2 aromatic heterocycles. The van der Waals surface area contributed by atoms with Gasteiger partial charge in [-0.3, -0.25) is 0 Å². The van der Waals surface area contributed by atoms with Gasteiger partial charge in [-0.05, 0) is 50.3 Å². The zero-order chi connectivity index (χ0) is 21.8. The number of hydrogen-bond acceptors (Lipinski definition) is 6. The van der Waals surface area contributed by atoms with Crippen molar-refractivity contribution in [3.8, 4) is 5.75 Å². The fraction of sp³-hybridized carbons (Fsp3) is 0.571. The molecule has 1 aromatic carbocycles. The van der Waals surface area contributed by atoms with Crippen molar-refractivity contribution in [2.45, 2.75) is 37.8 Å². The number of methoxy groups -OCH3 is 1. The van der Waals surface area contributed by atoms with E-state index in [0.29, 0.717) is 48.7 Å². The minimum atomic E-state index is -4.15. The van der Waals surface area contributed by atoms with Crippen LogP contribution in [-0.2, 0) is 0 Å². The number of benzene rings is 1. The molecular formula is C21H25F3N6O. The lowest BCUT2D eigenvalue weighted by molar-refractivity contribution is -0.185. The molecule has 2 fully saturated rings. The van der Waals surface area contributed by atoms with E-state index in [4.69, 9.17) is 15.5 Å². The summed E-state index contributed by atoms with van der Waals surface area (Å²) in [5.41, 5.74) is 7.32. The highest BCUT2D eigenvalue weighted by Gasteiger charge is 2.49. The van der Waals surface area contributed by atoms with Crippen LogP contribution in [0.2, 0.25) is 0 Å². The maximum absolute atomic E-state index is 13.5. The standard InChI is InChI=1S/C21H25F3N6O/c1-31-16-6-2-5-14-17(16)26-20(25)30-19(14)27-18(28-30)13-4-3-9-29(10-13)11-15(12-7-8-12)21(22,23)24/h2,5-6,12-13,15H,3-4,7-11H2,1H3,(H2,25,26)/t13-,15-/m1/s1. The molecule has 0 radical (unpaired) electrons. The first kappa shape index (κ1) is 20.3. The van der Waals surface area contributed by atoms with Crippen LogP contribution >= 0.6 is 0 Å². The van der Waals surface area contributed by atoms with E-state index in [1.54, 1.807) is 13.2 Å². The molecule has 1 saturated heterocycles. The summed E-state index contributed by atoms with van der Waals surface area (Å²) in [6.45, 7) is 1.25. The van der Waals surface area contributed by atoms with Crippen molar-refractivity contribution in [1.29, 1.82) is 0 Å². The first-order valence-electron chi connectivity index (χ1n) is 10.6. The lowest BCUT2D eigenvalue weighted by Crippen LogP contribution is -2.42. The van der Waals surface area contributed by atoms with Crippen molar-refractivity contribution >= 4 is 22.5 Å². The van der Waals surface area contributed by atoms with Gasteiger partial charge in [0.15, 0.2) is 11.5 Å². The summed E-state index contributed by atoms with van der Waals surface area (Å²) in [5, 5.41) is 5.35. The zero-order valence-electron chi connectivity index (χ0n) is 17.3. The predicted octanol–water partition coefficient (Wildman–Crippen LogP) is 3.64. The Kier molecular flexibility index (Phi) is 4.91. The number of anilines is 1. The SMILES string of the molecule is COc1cccc2c1nc(N)n1nc([C@@H]3CCCN(C[C@H](C4CC4)C(F)(F)F)C3)nc21. The first-order valence-corrected chi connectivity index (χ1v) is 10.6. The second kappa shape index (κ2) is 7.51. The van der Waals surface area contributed by atoms with E-state index in [9.17, 15) is 13.2 Å². The van der Waals surface area contributed by atoms with Crippen LogP contribution < -0.4 is 10.5 Å². The number of aromatic nitrogens is 4. The predicted molar refractivity (Wildman–Crippen MR) is 110 cm³/mol. The Labute approximate surface area is 177 Å². The summed E-state index contributed by atoms with van der Waals surface area (Å²) in [7, 11) is 1.57. The third-order valence-electron chi connectivity index (χ3n) is 6.46. The van der Waals surface area contributed by atoms with Crippen molar-refractivity contribution in [2.75, 3.05) is 32.5 Å². The molecule has 5 rings (SSSR count). The van der Waals surface area contributed by atoms with E-state index in [0.717, 1.165) is 18.2 Å². The molecule has 0 unspecified atom stereocenters. The maximum atomic E-state index is 13.5. The van der Waals surface area contributed by atoms with Crippen molar-refractivity contribution < 1.29 is 17.9 Å². The molecule has 1 saturated carbocycles. The number of likely N-dealkylation sites (tertiary alicyclic amines) is 1. The van der Waals surface area contributed by atoms with Gasteiger partial charge in [-0.1, -0.05) is 6.07 Å². The normalized spacial score (nSPS) is 21.6.